The minimum absolute atomic E-state index is 0.616. The summed E-state index contributed by atoms with van der Waals surface area (Å²) in [6.45, 7) is 4.10. The number of piperidine rings is 1. The third-order valence-electron chi connectivity index (χ3n) is 7.50. The van der Waals surface area contributed by atoms with Gasteiger partial charge in [0.1, 0.15) is 0 Å². The van der Waals surface area contributed by atoms with Crippen LogP contribution >= 0.6 is 0 Å². The average molecular weight is 295 g/mol. The Morgan fingerprint density at radius 2 is 1.95 bits per heavy atom. The zero-order chi connectivity index (χ0) is 14.6. The maximum Gasteiger partial charge on any atom is 0.00155 e. The summed E-state index contributed by atoms with van der Waals surface area (Å²) in [5, 5.41) is 0. The molecule has 1 heterocycles. The molecule has 5 aliphatic rings. The quantitative estimate of drug-likeness (QED) is 0.666. The topological polar surface area (TPSA) is 3.24 Å². The minimum Gasteiger partial charge on any atom is -0.303 e. The molecule has 1 saturated carbocycles. The Morgan fingerprint density at radius 1 is 1.05 bits per heavy atom. The molecule has 1 unspecified atom stereocenters. The van der Waals surface area contributed by atoms with Crippen LogP contribution in [0.4, 0.5) is 0 Å². The summed E-state index contributed by atoms with van der Waals surface area (Å²) < 4.78 is 0. The second-order valence-electron chi connectivity index (χ2n) is 8.57. The van der Waals surface area contributed by atoms with Gasteiger partial charge in [0.2, 0.25) is 0 Å². The lowest BCUT2D eigenvalue weighted by atomic mass is 9.71. The van der Waals surface area contributed by atoms with Gasteiger partial charge in [-0.25, -0.2) is 0 Å². The monoisotopic (exact) mass is 295 g/mol. The fraction of sp³-hybridized carbons (Fsp3) is 0.714. The number of allylic oxidation sites excluding steroid dienone is 6. The molecular formula is C21H29N. The summed E-state index contributed by atoms with van der Waals surface area (Å²) in [7, 11) is 0. The molecule has 0 aromatic carbocycles. The van der Waals surface area contributed by atoms with Crippen molar-refractivity contribution in [1.82, 2.24) is 4.90 Å². The Bertz CT molecular complexity index is 544. The Morgan fingerprint density at radius 3 is 2.73 bits per heavy atom. The predicted molar refractivity (Wildman–Crippen MR) is 91.6 cm³/mol. The molecule has 0 N–H and O–H groups in total. The van der Waals surface area contributed by atoms with Gasteiger partial charge in [0.05, 0.1) is 0 Å². The molecule has 4 aliphatic carbocycles. The van der Waals surface area contributed by atoms with Gasteiger partial charge in [-0.15, -0.1) is 0 Å². The normalized spacial score (nSPS) is 39.2. The molecule has 0 amide bonds. The van der Waals surface area contributed by atoms with Gasteiger partial charge >= 0.3 is 0 Å². The fourth-order valence-corrected chi connectivity index (χ4v) is 6.23. The fourth-order valence-electron chi connectivity index (χ4n) is 6.23. The highest BCUT2D eigenvalue weighted by Gasteiger charge is 2.43. The third kappa shape index (κ3) is 2.08. The molecule has 1 aliphatic heterocycles. The van der Waals surface area contributed by atoms with E-state index in [2.05, 4.69) is 29.2 Å². The van der Waals surface area contributed by atoms with Crippen molar-refractivity contribution in [1.29, 1.82) is 0 Å². The molecule has 5 rings (SSSR count). The summed E-state index contributed by atoms with van der Waals surface area (Å²) in [5.74, 6) is 2.83. The van der Waals surface area contributed by atoms with Crippen LogP contribution in [0.5, 0.6) is 0 Å². The molecule has 1 heteroatoms. The van der Waals surface area contributed by atoms with E-state index in [0.717, 1.165) is 17.8 Å². The van der Waals surface area contributed by atoms with Gasteiger partial charge in [0.15, 0.2) is 0 Å². The Balaban J connectivity index is 1.23. The lowest BCUT2D eigenvalue weighted by molar-refractivity contribution is 0.109. The largest absolute Gasteiger partial charge is 0.303 e. The highest BCUT2D eigenvalue weighted by Crippen LogP contribution is 2.53. The number of rotatable bonds is 2. The predicted octanol–water partition coefficient (Wildman–Crippen LogP) is 4.72. The molecular weight excluding hydrogens is 266 g/mol. The molecule has 0 aromatic rings. The van der Waals surface area contributed by atoms with E-state index in [-0.39, 0.29) is 0 Å². The Hall–Kier alpha value is -0.820. The van der Waals surface area contributed by atoms with Crippen molar-refractivity contribution in [2.45, 2.75) is 51.4 Å². The molecule has 1 nitrogen and oxygen atoms in total. The first-order valence-corrected chi connectivity index (χ1v) is 9.62. The van der Waals surface area contributed by atoms with Crippen LogP contribution in [0.2, 0.25) is 0 Å². The van der Waals surface area contributed by atoms with Crippen molar-refractivity contribution >= 4 is 0 Å². The van der Waals surface area contributed by atoms with E-state index < -0.39 is 0 Å². The maximum absolute atomic E-state index is 2.81. The standard InChI is InChI=1S/C21H29N/c1-2-4-20-17(3-1)7-8-21(20)9-11-22(12-10-21)15-19-14-16-5-6-18(19)13-16/h1,3,5-6,16,18-19H,2,4,7-15H2/t16-,18?,19+/m0/s1. The first-order chi connectivity index (χ1) is 10.8. The molecule has 0 aromatic heterocycles. The van der Waals surface area contributed by atoms with E-state index in [1.54, 1.807) is 5.57 Å². The van der Waals surface area contributed by atoms with Gasteiger partial charge in [-0.2, -0.15) is 0 Å². The number of fused-ring (bicyclic) bond motifs is 3. The highest BCUT2D eigenvalue weighted by molar-refractivity contribution is 5.38. The van der Waals surface area contributed by atoms with Crippen LogP contribution < -0.4 is 0 Å². The first kappa shape index (κ1) is 13.6. The maximum atomic E-state index is 2.81. The van der Waals surface area contributed by atoms with Crippen LogP contribution in [-0.2, 0) is 0 Å². The molecule has 0 radical (unpaired) electrons. The van der Waals surface area contributed by atoms with Crippen LogP contribution in [0.15, 0.2) is 35.5 Å². The van der Waals surface area contributed by atoms with E-state index in [9.17, 15) is 0 Å². The second kappa shape index (κ2) is 5.09. The molecule has 118 valence electrons. The van der Waals surface area contributed by atoms with Gasteiger partial charge in [-0.05, 0) is 93.2 Å². The lowest BCUT2D eigenvalue weighted by Crippen LogP contribution is -2.42. The average Bonchev–Trinajstić information content (AvgIpc) is 3.25. The molecule has 1 saturated heterocycles. The van der Waals surface area contributed by atoms with Gasteiger partial charge in [0, 0.05) is 6.54 Å². The molecule has 22 heavy (non-hydrogen) atoms. The zero-order valence-electron chi connectivity index (χ0n) is 13.8. The van der Waals surface area contributed by atoms with Crippen molar-refractivity contribution in [3.8, 4) is 0 Å². The summed E-state index contributed by atoms with van der Waals surface area (Å²) in [5.41, 5.74) is 4.21. The van der Waals surface area contributed by atoms with Gasteiger partial charge in [-0.1, -0.05) is 29.9 Å². The smallest absolute Gasteiger partial charge is 0.00155 e. The number of likely N-dealkylation sites (tertiary alicyclic amines) is 1. The molecule has 1 spiro atoms. The van der Waals surface area contributed by atoms with E-state index >= 15 is 0 Å². The third-order valence-corrected chi connectivity index (χ3v) is 7.50. The molecule has 3 atom stereocenters. The summed E-state index contributed by atoms with van der Waals surface area (Å²) in [6, 6.07) is 0. The molecule has 2 bridgehead atoms. The van der Waals surface area contributed by atoms with E-state index in [1.807, 2.05) is 5.57 Å². The van der Waals surface area contributed by atoms with E-state index in [4.69, 9.17) is 0 Å². The summed E-state index contributed by atoms with van der Waals surface area (Å²) in [4.78, 5) is 2.81. The number of hydrogen-bond donors (Lipinski definition) is 0. The van der Waals surface area contributed by atoms with Crippen LogP contribution in [0, 0.1) is 23.2 Å². The SMILES string of the molecule is C1=CC2=C(CC1)C1(CC2)CCN(C[C@H]2C[C@H]3C=CC2C3)CC1. The lowest BCUT2D eigenvalue weighted by Gasteiger charge is -2.43. The molecule has 2 fully saturated rings. The zero-order valence-corrected chi connectivity index (χ0v) is 13.8. The van der Waals surface area contributed by atoms with Gasteiger partial charge < -0.3 is 4.90 Å². The van der Waals surface area contributed by atoms with Crippen LogP contribution in [0.1, 0.15) is 51.4 Å². The van der Waals surface area contributed by atoms with Crippen molar-refractivity contribution in [3.05, 3.63) is 35.5 Å². The van der Waals surface area contributed by atoms with Crippen molar-refractivity contribution < 1.29 is 0 Å². The van der Waals surface area contributed by atoms with Crippen LogP contribution in [0.3, 0.4) is 0 Å². The van der Waals surface area contributed by atoms with Crippen molar-refractivity contribution in [3.63, 3.8) is 0 Å². The highest BCUT2D eigenvalue weighted by atomic mass is 15.1. The number of nitrogens with zero attached hydrogens (tertiary/aromatic N) is 1. The van der Waals surface area contributed by atoms with Gasteiger partial charge in [-0.3, -0.25) is 0 Å². The van der Waals surface area contributed by atoms with Crippen molar-refractivity contribution in [2.24, 2.45) is 23.2 Å². The second-order valence-corrected chi connectivity index (χ2v) is 8.57. The summed E-state index contributed by atoms with van der Waals surface area (Å²) >= 11 is 0. The Labute approximate surface area is 135 Å². The van der Waals surface area contributed by atoms with Crippen molar-refractivity contribution in [2.75, 3.05) is 19.6 Å². The van der Waals surface area contributed by atoms with E-state index in [0.29, 0.717) is 5.41 Å². The van der Waals surface area contributed by atoms with Gasteiger partial charge in [0.25, 0.3) is 0 Å². The Kier molecular flexibility index (Phi) is 3.15. The van der Waals surface area contributed by atoms with E-state index in [1.165, 1.54) is 71.0 Å². The van der Waals surface area contributed by atoms with Crippen LogP contribution in [0.25, 0.3) is 0 Å². The van der Waals surface area contributed by atoms with Crippen LogP contribution in [-0.4, -0.2) is 24.5 Å². The first-order valence-electron chi connectivity index (χ1n) is 9.62. The minimum atomic E-state index is 0.616. The summed E-state index contributed by atoms with van der Waals surface area (Å²) in [6.07, 6.45) is 21.1. The number of hydrogen-bond acceptors (Lipinski definition) is 1.